The molecule has 17 heavy (non-hydrogen) atoms. The average molecular weight is 233 g/mol. The molecule has 1 aromatic carbocycles. The molecule has 0 atom stereocenters. The minimum Gasteiger partial charge on any atom is -0.496 e. The zero-order valence-electron chi connectivity index (χ0n) is 10.2. The van der Waals surface area contributed by atoms with Crippen LogP contribution in [0, 0.1) is 5.41 Å². The van der Waals surface area contributed by atoms with Crippen LogP contribution in [0.25, 0.3) is 0 Å². The van der Waals surface area contributed by atoms with Gasteiger partial charge >= 0.3 is 0 Å². The van der Waals surface area contributed by atoms with Gasteiger partial charge in [0.15, 0.2) is 0 Å². The van der Waals surface area contributed by atoms with Crippen molar-refractivity contribution in [3.05, 3.63) is 29.3 Å². The molecule has 0 saturated carbocycles. The standard InChI is InChI=1S/C13H19N3O/c1-17-12-5-4-10(13(14)15)8-11(12)9-16-6-2-3-7-16/h4-5,8H,2-3,6-7,9H2,1H3,(H3,14,15). The van der Waals surface area contributed by atoms with Crippen LogP contribution in [-0.2, 0) is 6.54 Å². The molecule has 0 spiro atoms. The number of nitrogen functional groups attached to an aromatic ring is 1. The second kappa shape index (κ2) is 5.19. The number of nitrogens with two attached hydrogens (primary N) is 1. The van der Waals surface area contributed by atoms with Gasteiger partial charge in [0.05, 0.1) is 7.11 Å². The SMILES string of the molecule is COc1ccc(C(=N)N)cc1CN1CCCC1. The molecule has 92 valence electrons. The molecule has 1 saturated heterocycles. The van der Waals surface area contributed by atoms with E-state index >= 15 is 0 Å². The van der Waals surface area contributed by atoms with Gasteiger partial charge in [-0.2, -0.15) is 0 Å². The van der Waals surface area contributed by atoms with Crippen LogP contribution in [0.5, 0.6) is 5.75 Å². The molecule has 1 aromatic rings. The largest absolute Gasteiger partial charge is 0.496 e. The van der Waals surface area contributed by atoms with Crippen molar-refractivity contribution in [1.29, 1.82) is 5.41 Å². The van der Waals surface area contributed by atoms with Crippen LogP contribution >= 0.6 is 0 Å². The normalized spacial score (nSPS) is 16.1. The van der Waals surface area contributed by atoms with E-state index in [2.05, 4.69) is 4.90 Å². The predicted molar refractivity (Wildman–Crippen MR) is 68.5 cm³/mol. The lowest BCUT2D eigenvalue weighted by Gasteiger charge is -2.17. The number of rotatable bonds is 4. The molecule has 1 aliphatic heterocycles. The molecule has 1 aliphatic rings. The second-order valence-electron chi connectivity index (χ2n) is 4.42. The van der Waals surface area contributed by atoms with Gasteiger partial charge in [0, 0.05) is 17.7 Å². The number of hydrogen-bond acceptors (Lipinski definition) is 3. The first-order valence-corrected chi connectivity index (χ1v) is 5.94. The lowest BCUT2D eigenvalue weighted by molar-refractivity contribution is 0.321. The fraction of sp³-hybridized carbons (Fsp3) is 0.462. The van der Waals surface area contributed by atoms with Gasteiger partial charge in [-0.05, 0) is 44.1 Å². The summed E-state index contributed by atoms with van der Waals surface area (Å²) in [5.41, 5.74) is 7.39. The molecule has 1 fully saturated rings. The molecule has 3 N–H and O–H groups in total. The number of hydrogen-bond donors (Lipinski definition) is 2. The van der Waals surface area contributed by atoms with E-state index in [1.165, 1.54) is 12.8 Å². The summed E-state index contributed by atoms with van der Waals surface area (Å²) in [6.45, 7) is 3.17. The maximum atomic E-state index is 7.47. The van der Waals surface area contributed by atoms with Gasteiger partial charge in [0.25, 0.3) is 0 Å². The molecule has 0 aromatic heterocycles. The minimum absolute atomic E-state index is 0.107. The van der Waals surface area contributed by atoms with E-state index in [9.17, 15) is 0 Å². The first-order chi connectivity index (χ1) is 8.20. The summed E-state index contributed by atoms with van der Waals surface area (Å²) < 4.78 is 5.35. The van der Waals surface area contributed by atoms with Crippen LogP contribution in [0.1, 0.15) is 24.0 Å². The van der Waals surface area contributed by atoms with Crippen LogP contribution in [0.15, 0.2) is 18.2 Å². The number of nitrogens with zero attached hydrogens (tertiary/aromatic N) is 1. The topological polar surface area (TPSA) is 62.3 Å². The molecule has 0 unspecified atom stereocenters. The molecule has 2 rings (SSSR count). The highest BCUT2D eigenvalue weighted by Crippen LogP contribution is 2.23. The van der Waals surface area contributed by atoms with Crippen LogP contribution in [0.4, 0.5) is 0 Å². The summed E-state index contributed by atoms with van der Waals surface area (Å²) in [6.07, 6.45) is 2.55. The van der Waals surface area contributed by atoms with E-state index in [4.69, 9.17) is 15.9 Å². The number of benzene rings is 1. The molecule has 4 nitrogen and oxygen atoms in total. The Morgan fingerprint density at radius 2 is 2.12 bits per heavy atom. The Bertz CT molecular complexity index is 411. The lowest BCUT2D eigenvalue weighted by Crippen LogP contribution is -2.19. The van der Waals surface area contributed by atoms with Gasteiger partial charge < -0.3 is 10.5 Å². The van der Waals surface area contributed by atoms with Crippen molar-refractivity contribution in [3.8, 4) is 5.75 Å². The Labute approximate surface area is 102 Å². The van der Waals surface area contributed by atoms with Crippen molar-refractivity contribution in [2.75, 3.05) is 20.2 Å². The molecule has 0 aliphatic carbocycles. The molecule has 0 radical (unpaired) electrons. The van der Waals surface area contributed by atoms with E-state index in [-0.39, 0.29) is 5.84 Å². The Kier molecular flexibility index (Phi) is 3.64. The van der Waals surface area contributed by atoms with Crippen molar-refractivity contribution in [2.24, 2.45) is 5.73 Å². The molecule has 4 heteroatoms. The van der Waals surface area contributed by atoms with Gasteiger partial charge in [0.2, 0.25) is 0 Å². The third-order valence-corrected chi connectivity index (χ3v) is 3.18. The number of likely N-dealkylation sites (tertiary alicyclic amines) is 1. The maximum Gasteiger partial charge on any atom is 0.123 e. The second-order valence-corrected chi connectivity index (χ2v) is 4.42. The fourth-order valence-electron chi connectivity index (χ4n) is 2.25. The quantitative estimate of drug-likeness (QED) is 0.613. The van der Waals surface area contributed by atoms with Crippen LogP contribution < -0.4 is 10.5 Å². The van der Waals surface area contributed by atoms with E-state index < -0.39 is 0 Å². The summed E-state index contributed by atoms with van der Waals surface area (Å²) in [7, 11) is 1.68. The van der Waals surface area contributed by atoms with Crippen LogP contribution in [-0.4, -0.2) is 30.9 Å². The van der Waals surface area contributed by atoms with E-state index in [0.717, 1.165) is 36.5 Å². The number of nitrogens with one attached hydrogen (secondary N) is 1. The molecule has 0 amide bonds. The van der Waals surface area contributed by atoms with E-state index in [1.807, 2.05) is 18.2 Å². The summed E-state index contributed by atoms with van der Waals surface area (Å²) in [6, 6.07) is 5.68. The number of amidine groups is 1. The summed E-state index contributed by atoms with van der Waals surface area (Å²) in [5.74, 6) is 0.984. The summed E-state index contributed by atoms with van der Waals surface area (Å²) >= 11 is 0. The Morgan fingerprint density at radius 1 is 1.41 bits per heavy atom. The Hall–Kier alpha value is -1.55. The highest BCUT2D eigenvalue weighted by Gasteiger charge is 2.14. The molecular formula is C13H19N3O. The number of methoxy groups -OCH3 is 1. The average Bonchev–Trinajstić information content (AvgIpc) is 2.81. The zero-order chi connectivity index (χ0) is 12.3. The van der Waals surface area contributed by atoms with Gasteiger partial charge in [0.1, 0.15) is 11.6 Å². The van der Waals surface area contributed by atoms with Gasteiger partial charge in [-0.25, -0.2) is 0 Å². The molecule has 0 bridgehead atoms. The summed E-state index contributed by atoms with van der Waals surface area (Å²) in [4.78, 5) is 2.40. The van der Waals surface area contributed by atoms with Crippen LogP contribution in [0.3, 0.4) is 0 Å². The van der Waals surface area contributed by atoms with Gasteiger partial charge in [-0.3, -0.25) is 10.3 Å². The molecule has 1 heterocycles. The molecular weight excluding hydrogens is 214 g/mol. The van der Waals surface area contributed by atoms with Crippen molar-refractivity contribution in [3.63, 3.8) is 0 Å². The van der Waals surface area contributed by atoms with Crippen LogP contribution in [0.2, 0.25) is 0 Å². The first-order valence-electron chi connectivity index (χ1n) is 5.94. The Morgan fingerprint density at radius 3 is 2.71 bits per heavy atom. The zero-order valence-corrected chi connectivity index (χ0v) is 10.2. The Balaban J connectivity index is 2.21. The van der Waals surface area contributed by atoms with Crippen molar-refractivity contribution in [1.82, 2.24) is 4.90 Å². The smallest absolute Gasteiger partial charge is 0.123 e. The van der Waals surface area contributed by atoms with Crippen molar-refractivity contribution >= 4 is 5.84 Å². The van der Waals surface area contributed by atoms with E-state index in [0.29, 0.717) is 0 Å². The van der Waals surface area contributed by atoms with Crippen molar-refractivity contribution < 1.29 is 4.74 Å². The number of ether oxygens (including phenoxy) is 1. The van der Waals surface area contributed by atoms with Gasteiger partial charge in [-0.1, -0.05) is 0 Å². The fourth-order valence-corrected chi connectivity index (χ4v) is 2.25. The van der Waals surface area contributed by atoms with Crippen molar-refractivity contribution in [2.45, 2.75) is 19.4 Å². The van der Waals surface area contributed by atoms with Gasteiger partial charge in [-0.15, -0.1) is 0 Å². The monoisotopic (exact) mass is 233 g/mol. The van der Waals surface area contributed by atoms with E-state index in [1.54, 1.807) is 7.11 Å². The lowest BCUT2D eigenvalue weighted by atomic mass is 10.1. The highest BCUT2D eigenvalue weighted by molar-refractivity contribution is 5.95. The predicted octanol–water partition coefficient (Wildman–Crippen LogP) is 1.58. The summed E-state index contributed by atoms with van der Waals surface area (Å²) in [5, 5.41) is 7.47. The maximum absolute atomic E-state index is 7.47. The third kappa shape index (κ3) is 2.77. The minimum atomic E-state index is 0.107. The first kappa shape index (κ1) is 11.9. The third-order valence-electron chi connectivity index (χ3n) is 3.18. The highest BCUT2D eigenvalue weighted by atomic mass is 16.5.